The molecule has 0 bridgehead atoms. The minimum Gasteiger partial charge on any atom is -0.478 e. The summed E-state index contributed by atoms with van der Waals surface area (Å²) in [5.74, 6) is -0.935. The number of halogens is 1. The smallest absolute Gasteiger partial charge is 0.335 e. The van der Waals surface area contributed by atoms with Gasteiger partial charge in [0.2, 0.25) is 0 Å². The van der Waals surface area contributed by atoms with Gasteiger partial charge in [0.1, 0.15) is 0 Å². The van der Waals surface area contributed by atoms with Crippen LogP contribution in [-0.2, 0) is 0 Å². The molecule has 0 spiro atoms. The van der Waals surface area contributed by atoms with Crippen molar-refractivity contribution in [3.8, 4) is 0 Å². The van der Waals surface area contributed by atoms with Crippen LogP contribution < -0.4 is 4.90 Å². The fourth-order valence-corrected chi connectivity index (χ4v) is 2.41. The summed E-state index contributed by atoms with van der Waals surface area (Å²) < 4.78 is 0. The van der Waals surface area contributed by atoms with Gasteiger partial charge in [0.15, 0.2) is 0 Å². The number of hydrogen-bond donors (Lipinski definition) is 1. The molecule has 3 nitrogen and oxygen atoms in total. The molecule has 1 N–H and O–H groups in total. The highest BCUT2D eigenvalue weighted by Gasteiger charge is 2.21. The number of carbonyl (C=O) groups is 1. The van der Waals surface area contributed by atoms with Crippen LogP contribution in [0.25, 0.3) is 0 Å². The van der Waals surface area contributed by atoms with Crippen LogP contribution >= 0.6 is 11.6 Å². The van der Waals surface area contributed by atoms with Crippen molar-refractivity contribution in [1.82, 2.24) is 0 Å². The second-order valence-electron chi connectivity index (χ2n) is 4.19. The monoisotopic (exact) mass is 239 g/mol. The lowest BCUT2D eigenvalue weighted by molar-refractivity contribution is 0.0697. The Morgan fingerprint density at radius 2 is 2.25 bits per heavy atom. The van der Waals surface area contributed by atoms with Crippen molar-refractivity contribution in [2.75, 3.05) is 11.4 Å². The minimum atomic E-state index is -0.935. The maximum atomic E-state index is 10.9. The highest BCUT2D eigenvalue weighted by atomic mass is 35.5. The molecule has 4 heteroatoms. The van der Waals surface area contributed by atoms with Gasteiger partial charge in [0.05, 0.1) is 5.56 Å². The Hall–Kier alpha value is -1.22. The lowest BCUT2D eigenvalue weighted by Crippen LogP contribution is -2.26. The molecule has 2 rings (SSSR count). The summed E-state index contributed by atoms with van der Waals surface area (Å²) in [4.78, 5) is 13.1. The zero-order valence-corrected chi connectivity index (χ0v) is 9.87. The minimum absolute atomic E-state index is 0.251. The summed E-state index contributed by atoms with van der Waals surface area (Å²) in [7, 11) is 0. The van der Waals surface area contributed by atoms with Crippen molar-refractivity contribution in [3.05, 3.63) is 28.8 Å². The van der Waals surface area contributed by atoms with E-state index in [9.17, 15) is 4.79 Å². The van der Waals surface area contributed by atoms with Crippen LogP contribution in [0.3, 0.4) is 0 Å². The molecule has 0 amide bonds. The first-order chi connectivity index (χ1) is 7.58. The summed E-state index contributed by atoms with van der Waals surface area (Å²) in [5.41, 5.74) is 1.16. The van der Waals surface area contributed by atoms with Gasteiger partial charge in [-0.25, -0.2) is 4.79 Å². The van der Waals surface area contributed by atoms with Crippen molar-refractivity contribution >= 4 is 23.3 Å². The summed E-state index contributed by atoms with van der Waals surface area (Å²) in [6.07, 6.45) is 2.30. The van der Waals surface area contributed by atoms with Crippen LogP contribution in [0, 0.1) is 0 Å². The molecule has 16 heavy (non-hydrogen) atoms. The van der Waals surface area contributed by atoms with E-state index in [0.717, 1.165) is 25.1 Å². The molecule has 1 heterocycles. The fourth-order valence-electron chi connectivity index (χ4n) is 2.18. The lowest BCUT2D eigenvalue weighted by Gasteiger charge is -2.24. The standard InChI is InChI=1S/C12H14ClNO2/c1-8-3-2-4-14(8)11-6-9(12(15)16)5-10(13)7-11/h5-8H,2-4H2,1H3,(H,15,16). The van der Waals surface area contributed by atoms with E-state index in [2.05, 4.69) is 11.8 Å². The Balaban J connectivity index is 2.37. The topological polar surface area (TPSA) is 40.5 Å². The van der Waals surface area contributed by atoms with E-state index >= 15 is 0 Å². The highest BCUT2D eigenvalue weighted by Crippen LogP contribution is 2.28. The van der Waals surface area contributed by atoms with Gasteiger partial charge in [0, 0.05) is 23.3 Å². The largest absolute Gasteiger partial charge is 0.478 e. The van der Waals surface area contributed by atoms with Gasteiger partial charge >= 0.3 is 5.97 Å². The molecule has 86 valence electrons. The summed E-state index contributed by atoms with van der Waals surface area (Å²) in [5, 5.41) is 9.45. The summed E-state index contributed by atoms with van der Waals surface area (Å²) >= 11 is 5.93. The van der Waals surface area contributed by atoms with Crippen molar-refractivity contribution in [3.63, 3.8) is 0 Å². The molecule has 1 aliphatic rings. The number of carboxylic acids is 1. The van der Waals surface area contributed by atoms with Gasteiger partial charge in [-0.15, -0.1) is 0 Å². The SMILES string of the molecule is CC1CCCN1c1cc(Cl)cc(C(=O)O)c1. The van der Waals surface area contributed by atoms with Gasteiger partial charge in [-0.1, -0.05) is 11.6 Å². The maximum Gasteiger partial charge on any atom is 0.335 e. The third kappa shape index (κ3) is 2.14. The van der Waals surface area contributed by atoms with Gasteiger partial charge in [0.25, 0.3) is 0 Å². The molecule has 1 aromatic carbocycles. The predicted molar refractivity (Wildman–Crippen MR) is 64.5 cm³/mol. The van der Waals surface area contributed by atoms with Crippen LogP contribution in [0.15, 0.2) is 18.2 Å². The van der Waals surface area contributed by atoms with Crippen molar-refractivity contribution in [2.24, 2.45) is 0 Å². The number of rotatable bonds is 2. The Bertz CT molecular complexity index is 419. The van der Waals surface area contributed by atoms with Gasteiger partial charge < -0.3 is 10.0 Å². The van der Waals surface area contributed by atoms with Crippen LogP contribution in [0.1, 0.15) is 30.1 Å². The normalized spacial score (nSPS) is 20.1. The average molecular weight is 240 g/mol. The molecule has 1 aromatic rings. The second kappa shape index (κ2) is 4.34. The first kappa shape index (κ1) is 11.3. The molecule has 1 fully saturated rings. The van der Waals surface area contributed by atoms with Crippen molar-refractivity contribution in [1.29, 1.82) is 0 Å². The molecule has 0 radical (unpaired) electrons. The van der Waals surface area contributed by atoms with Crippen LogP contribution in [0.5, 0.6) is 0 Å². The zero-order valence-electron chi connectivity index (χ0n) is 9.11. The number of anilines is 1. The molecule has 1 aliphatic heterocycles. The van der Waals surface area contributed by atoms with Crippen LogP contribution in [0.4, 0.5) is 5.69 Å². The first-order valence-electron chi connectivity index (χ1n) is 5.38. The molecule has 1 atom stereocenters. The summed E-state index contributed by atoms with van der Waals surface area (Å²) in [6, 6.07) is 5.46. The van der Waals surface area contributed by atoms with Crippen molar-refractivity contribution in [2.45, 2.75) is 25.8 Å². The quantitative estimate of drug-likeness (QED) is 0.863. The van der Waals surface area contributed by atoms with E-state index in [1.165, 1.54) is 6.07 Å². The number of nitrogens with zero attached hydrogens (tertiary/aromatic N) is 1. The number of carboxylic acid groups (broad SMARTS) is 1. The Morgan fingerprint density at radius 1 is 1.50 bits per heavy atom. The van der Waals surface area contributed by atoms with E-state index in [1.54, 1.807) is 6.07 Å². The third-order valence-electron chi connectivity index (χ3n) is 3.01. The zero-order chi connectivity index (χ0) is 11.7. The van der Waals surface area contributed by atoms with Crippen LogP contribution in [0.2, 0.25) is 5.02 Å². The van der Waals surface area contributed by atoms with Gasteiger partial charge in [-0.2, -0.15) is 0 Å². The predicted octanol–water partition coefficient (Wildman–Crippen LogP) is 3.03. The van der Waals surface area contributed by atoms with E-state index < -0.39 is 5.97 Å². The number of hydrogen-bond acceptors (Lipinski definition) is 2. The fraction of sp³-hybridized carbons (Fsp3) is 0.417. The van der Waals surface area contributed by atoms with E-state index in [0.29, 0.717) is 11.1 Å². The second-order valence-corrected chi connectivity index (χ2v) is 4.62. The molecule has 1 unspecified atom stereocenters. The van der Waals surface area contributed by atoms with Crippen molar-refractivity contribution < 1.29 is 9.90 Å². The first-order valence-corrected chi connectivity index (χ1v) is 5.76. The Labute approximate surface area is 99.6 Å². The molecule has 0 aromatic heterocycles. The van der Waals surface area contributed by atoms with Gasteiger partial charge in [-0.05, 0) is 38.0 Å². The van der Waals surface area contributed by atoms with E-state index in [-0.39, 0.29) is 5.56 Å². The van der Waals surface area contributed by atoms with Crippen LogP contribution in [-0.4, -0.2) is 23.7 Å². The maximum absolute atomic E-state index is 10.9. The summed E-state index contributed by atoms with van der Waals surface area (Å²) in [6.45, 7) is 3.12. The molecular formula is C12H14ClNO2. The lowest BCUT2D eigenvalue weighted by atomic mass is 10.1. The number of aromatic carboxylic acids is 1. The molecule has 0 aliphatic carbocycles. The molecular weight excluding hydrogens is 226 g/mol. The average Bonchev–Trinajstić information content (AvgIpc) is 2.63. The Kier molecular flexibility index (Phi) is 3.06. The van der Waals surface area contributed by atoms with E-state index in [4.69, 9.17) is 16.7 Å². The van der Waals surface area contributed by atoms with Gasteiger partial charge in [-0.3, -0.25) is 0 Å². The Morgan fingerprint density at radius 3 is 2.81 bits per heavy atom. The third-order valence-corrected chi connectivity index (χ3v) is 3.23. The molecule has 0 saturated carbocycles. The van der Waals surface area contributed by atoms with E-state index in [1.807, 2.05) is 6.07 Å². The molecule has 1 saturated heterocycles. The number of benzene rings is 1. The highest BCUT2D eigenvalue weighted by molar-refractivity contribution is 6.31.